The second-order valence-corrected chi connectivity index (χ2v) is 4.75. The Bertz CT molecular complexity index is 197. The normalized spacial score (nSPS) is 15.9. The summed E-state index contributed by atoms with van der Waals surface area (Å²) in [6, 6.07) is 0.994. The Morgan fingerprint density at radius 2 is 1.94 bits per heavy atom. The minimum atomic E-state index is 0.478. The standard InChI is InChI=1S/C15H30N2/c1-6-9-10-11-12-13(4)15(17-8-3)14(7-2)16-5/h6,8,13-17H,1,3,7,9-12H2,2,4-5H3. The van der Waals surface area contributed by atoms with Crippen LogP contribution in [-0.2, 0) is 0 Å². The van der Waals surface area contributed by atoms with Crippen LogP contribution in [0.2, 0.25) is 0 Å². The quantitative estimate of drug-likeness (QED) is 0.425. The Morgan fingerprint density at radius 3 is 2.41 bits per heavy atom. The van der Waals surface area contributed by atoms with E-state index in [9.17, 15) is 0 Å². The van der Waals surface area contributed by atoms with Crippen molar-refractivity contribution in [3.63, 3.8) is 0 Å². The second-order valence-electron chi connectivity index (χ2n) is 4.75. The van der Waals surface area contributed by atoms with Gasteiger partial charge in [-0.3, -0.25) is 0 Å². The van der Waals surface area contributed by atoms with Crippen molar-refractivity contribution in [2.45, 2.75) is 58.0 Å². The predicted molar refractivity (Wildman–Crippen MR) is 78.1 cm³/mol. The van der Waals surface area contributed by atoms with E-state index in [2.05, 4.69) is 37.6 Å². The maximum absolute atomic E-state index is 3.79. The summed E-state index contributed by atoms with van der Waals surface area (Å²) >= 11 is 0. The fraction of sp³-hybridized carbons (Fsp3) is 0.733. The highest BCUT2D eigenvalue weighted by atomic mass is 15.0. The van der Waals surface area contributed by atoms with Gasteiger partial charge in [0, 0.05) is 12.1 Å². The maximum atomic E-state index is 3.79. The molecule has 3 atom stereocenters. The molecular weight excluding hydrogens is 208 g/mol. The molecule has 2 heteroatoms. The van der Waals surface area contributed by atoms with E-state index in [0.29, 0.717) is 18.0 Å². The first-order chi connectivity index (χ1) is 8.21. The van der Waals surface area contributed by atoms with Gasteiger partial charge in [-0.1, -0.05) is 32.9 Å². The lowest BCUT2D eigenvalue weighted by Gasteiger charge is -2.31. The SMILES string of the molecule is C=CCCCCC(C)C(NC=C)C(CC)NC. The van der Waals surface area contributed by atoms with E-state index >= 15 is 0 Å². The summed E-state index contributed by atoms with van der Waals surface area (Å²) in [6.07, 6.45) is 9.90. The maximum Gasteiger partial charge on any atom is 0.0434 e. The predicted octanol–water partition coefficient (Wildman–Crippen LogP) is 3.47. The molecule has 0 amide bonds. The number of allylic oxidation sites excluding steroid dienone is 1. The molecule has 0 fully saturated rings. The van der Waals surface area contributed by atoms with Crippen LogP contribution in [-0.4, -0.2) is 19.1 Å². The summed E-state index contributed by atoms with van der Waals surface area (Å²) in [5, 5.41) is 6.80. The number of hydrogen-bond donors (Lipinski definition) is 2. The molecule has 2 nitrogen and oxygen atoms in total. The summed E-state index contributed by atoms with van der Waals surface area (Å²) in [5.41, 5.74) is 0. The van der Waals surface area contributed by atoms with E-state index < -0.39 is 0 Å². The van der Waals surface area contributed by atoms with Crippen LogP contribution in [0.4, 0.5) is 0 Å². The van der Waals surface area contributed by atoms with Crippen LogP contribution >= 0.6 is 0 Å². The van der Waals surface area contributed by atoms with Crippen molar-refractivity contribution in [1.29, 1.82) is 0 Å². The highest BCUT2D eigenvalue weighted by molar-refractivity contribution is 4.88. The third kappa shape index (κ3) is 6.52. The number of rotatable bonds is 11. The monoisotopic (exact) mass is 238 g/mol. The molecule has 17 heavy (non-hydrogen) atoms. The Morgan fingerprint density at radius 1 is 1.24 bits per heavy atom. The Balaban J connectivity index is 4.16. The van der Waals surface area contributed by atoms with E-state index in [-0.39, 0.29) is 0 Å². The molecule has 0 rings (SSSR count). The Kier molecular flexibility index (Phi) is 9.93. The zero-order valence-corrected chi connectivity index (χ0v) is 11.8. The van der Waals surface area contributed by atoms with Gasteiger partial charge in [0.05, 0.1) is 0 Å². The molecule has 100 valence electrons. The van der Waals surface area contributed by atoms with Crippen LogP contribution in [0.5, 0.6) is 0 Å². The first kappa shape index (κ1) is 16.2. The van der Waals surface area contributed by atoms with Crippen molar-refractivity contribution >= 4 is 0 Å². The van der Waals surface area contributed by atoms with Gasteiger partial charge >= 0.3 is 0 Å². The Labute approximate surface area is 108 Å². The average Bonchev–Trinajstić information content (AvgIpc) is 2.34. The fourth-order valence-electron chi connectivity index (χ4n) is 2.39. The minimum absolute atomic E-state index is 0.478. The molecule has 0 aromatic rings. The lowest BCUT2D eigenvalue weighted by atomic mass is 9.89. The van der Waals surface area contributed by atoms with Gasteiger partial charge in [-0.05, 0) is 44.8 Å². The molecule has 0 spiro atoms. The van der Waals surface area contributed by atoms with E-state index in [1.165, 1.54) is 19.3 Å². The molecule has 0 aliphatic rings. The highest BCUT2D eigenvalue weighted by Gasteiger charge is 2.22. The zero-order valence-electron chi connectivity index (χ0n) is 11.8. The van der Waals surface area contributed by atoms with Gasteiger partial charge in [-0.25, -0.2) is 0 Å². The average molecular weight is 238 g/mol. The zero-order chi connectivity index (χ0) is 13.1. The van der Waals surface area contributed by atoms with Crippen molar-refractivity contribution in [3.8, 4) is 0 Å². The summed E-state index contributed by atoms with van der Waals surface area (Å²) in [6.45, 7) is 12.1. The van der Waals surface area contributed by atoms with Crippen LogP contribution in [0.15, 0.2) is 25.4 Å². The summed E-state index contributed by atoms with van der Waals surface area (Å²) in [4.78, 5) is 0. The number of likely N-dealkylation sites (N-methyl/N-ethyl adjacent to an activating group) is 1. The number of hydrogen-bond acceptors (Lipinski definition) is 2. The van der Waals surface area contributed by atoms with Gasteiger partial charge in [0.2, 0.25) is 0 Å². The molecule has 3 unspecified atom stereocenters. The van der Waals surface area contributed by atoms with Crippen LogP contribution in [0.3, 0.4) is 0 Å². The van der Waals surface area contributed by atoms with Crippen molar-refractivity contribution in [3.05, 3.63) is 25.4 Å². The van der Waals surface area contributed by atoms with Crippen LogP contribution in [0.25, 0.3) is 0 Å². The van der Waals surface area contributed by atoms with Gasteiger partial charge in [0.1, 0.15) is 0 Å². The molecule has 0 saturated heterocycles. The van der Waals surface area contributed by atoms with Gasteiger partial charge in [0.15, 0.2) is 0 Å². The number of nitrogens with one attached hydrogen (secondary N) is 2. The van der Waals surface area contributed by atoms with Gasteiger partial charge in [-0.2, -0.15) is 0 Å². The van der Waals surface area contributed by atoms with Gasteiger partial charge < -0.3 is 10.6 Å². The topological polar surface area (TPSA) is 24.1 Å². The molecule has 0 aliphatic heterocycles. The van der Waals surface area contributed by atoms with Crippen LogP contribution in [0.1, 0.15) is 46.0 Å². The van der Waals surface area contributed by atoms with E-state index in [0.717, 1.165) is 12.8 Å². The Hall–Kier alpha value is -0.760. The van der Waals surface area contributed by atoms with E-state index in [4.69, 9.17) is 0 Å². The largest absolute Gasteiger partial charge is 0.387 e. The molecule has 0 saturated carbocycles. The smallest absolute Gasteiger partial charge is 0.0434 e. The second kappa shape index (κ2) is 10.4. The van der Waals surface area contributed by atoms with Gasteiger partial charge in [0.25, 0.3) is 0 Å². The van der Waals surface area contributed by atoms with E-state index in [1.807, 2.05) is 19.3 Å². The molecule has 2 N–H and O–H groups in total. The van der Waals surface area contributed by atoms with Crippen molar-refractivity contribution in [2.75, 3.05) is 7.05 Å². The first-order valence-electron chi connectivity index (χ1n) is 6.86. The number of unbranched alkanes of at least 4 members (excludes halogenated alkanes) is 2. The summed E-state index contributed by atoms with van der Waals surface area (Å²) < 4.78 is 0. The minimum Gasteiger partial charge on any atom is -0.387 e. The molecule has 0 aliphatic carbocycles. The third-order valence-corrected chi connectivity index (χ3v) is 3.49. The highest BCUT2D eigenvalue weighted by Crippen LogP contribution is 2.17. The van der Waals surface area contributed by atoms with Gasteiger partial charge in [-0.15, -0.1) is 6.58 Å². The molecule has 0 heterocycles. The van der Waals surface area contributed by atoms with Crippen LogP contribution in [0, 0.1) is 5.92 Å². The van der Waals surface area contributed by atoms with E-state index in [1.54, 1.807) is 0 Å². The molecule has 0 bridgehead atoms. The van der Waals surface area contributed by atoms with Crippen molar-refractivity contribution in [1.82, 2.24) is 10.6 Å². The van der Waals surface area contributed by atoms with Crippen LogP contribution < -0.4 is 10.6 Å². The lowest BCUT2D eigenvalue weighted by Crippen LogP contribution is -2.48. The molecular formula is C15H30N2. The molecule has 0 radical (unpaired) electrons. The molecule has 0 aromatic carbocycles. The molecule has 0 aromatic heterocycles. The first-order valence-corrected chi connectivity index (χ1v) is 6.86. The van der Waals surface area contributed by atoms with Crippen molar-refractivity contribution in [2.24, 2.45) is 5.92 Å². The third-order valence-electron chi connectivity index (χ3n) is 3.49. The fourth-order valence-corrected chi connectivity index (χ4v) is 2.39. The van der Waals surface area contributed by atoms with Crippen molar-refractivity contribution < 1.29 is 0 Å². The lowest BCUT2D eigenvalue weighted by molar-refractivity contribution is 0.296. The summed E-state index contributed by atoms with van der Waals surface area (Å²) in [7, 11) is 2.04. The summed E-state index contributed by atoms with van der Waals surface area (Å²) in [5.74, 6) is 0.662.